The summed E-state index contributed by atoms with van der Waals surface area (Å²) >= 11 is 0. The zero-order valence-corrected chi connectivity index (χ0v) is 19.0. The molecule has 2 aromatic rings. The number of rotatable bonds is 4. The van der Waals surface area contributed by atoms with Gasteiger partial charge in [0.05, 0.1) is 32.0 Å². The topological polar surface area (TPSA) is 101 Å². The molecule has 0 radical (unpaired) electrons. The van der Waals surface area contributed by atoms with E-state index in [-0.39, 0.29) is 24.3 Å². The van der Waals surface area contributed by atoms with Gasteiger partial charge in [-0.05, 0) is 36.4 Å². The molecule has 20 heteroatoms. The number of nitrogens with one attached hydrogen (secondary N) is 1. The van der Waals surface area contributed by atoms with Crippen molar-refractivity contribution in [2.24, 2.45) is 0 Å². The molecule has 0 heterocycles. The standard InChI is InChI=1S/C16H7F12NO4S2.CH4O/c17-13(18,19)7-1-3-9(15(23,24)25)11(5-7)34(30,31)29-35(32,33)12-6-8(14(20,21)22)2-4-10(12)16(26,27)28;1-2/h1-6,29H;2H,1H3. The van der Waals surface area contributed by atoms with Crippen LogP contribution in [0.2, 0.25) is 0 Å². The zero-order chi connectivity index (χ0) is 29.4. The third kappa shape index (κ3) is 7.71. The van der Waals surface area contributed by atoms with Crippen LogP contribution >= 0.6 is 0 Å². The van der Waals surface area contributed by atoms with Gasteiger partial charge in [0.2, 0.25) is 0 Å². The molecule has 37 heavy (non-hydrogen) atoms. The van der Waals surface area contributed by atoms with Crippen LogP contribution in [0, 0.1) is 0 Å². The van der Waals surface area contributed by atoms with Crippen LogP contribution in [-0.2, 0) is 44.8 Å². The van der Waals surface area contributed by atoms with Gasteiger partial charge in [0, 0.05) is 7.11 Å². The summed E-state index contributed by atoms with van der Waals surface area (Å²) in [7, 11) is -11.6. The van der Waals surface area contributed by atoms with Gasteiger partial charge >= 0.3 is 24.7 Å². The summed E-state index contributed by atoms with van der Waals surface area (Å²) in [6.45, 7) is 0. The van der Waals surface area contributed by atoms with Crippen LogP contribution in [0.1, 0.15) is 22.3 Å². The highest BCUT2D eigenvalue weighted by Crippen LogP contribution is 2.40. The molecule has 6 nitrogen and oxygen atoms in total. The molecule has 0 atom stereocenters. The van der Waals surface area contributed by atoms with Crippen LogP contribution < -0.4 is 4.13 Å². The lowest BCUT2D eigenvalue weighted by atomic mass is 10.1. The van der Waals surface area contributed by atoms with Gasteiger partial charge in [0.25, 0.3) is 20.0 Å². The van der Waals surface area contributed by atoms with Crippen molar-refractivity contribution in [1.82, 2.24) is 4.13 Å². The Morgan fingerprint density at radius 2 is 0.811 bits per heavy atom. The molecule has 0 saturated heterocycles. The van der Waals surface area contributed by atoms with E-state index in [0.29, 0.717) is 4.13 Å². The van der Waals surface area contributed by atoms with Crippen LogP contribution in [0.15, 0.2) is 46.2 Å². The van der Waals surface area contributed by atoms with Crippen LogP contribution in [0.5, 0.6) is 0 Å². The monoisotopic (exact) mass is 601 g/mol. The number of benzene rings is 2. The second-order valence-electron chi connectivity index (χ2n) is 6.50. The lowest BCUT2D eigenvalue weighted by Gasteiger charge is -2.18. The fraction of sp³-hybridized carbons (Fsp3) is 0.294. The summed E-state index contributed by atoms with van der Waals surface area (Å²) in [6, 6.07) is -2.45. The average molecular weight is 601 g/mol. The predicted molar refractivity (Wildman–Crippen MR) is 98.5 cm³/mol. The molecule has 2 N–H and O–H groups in total. The van der Waals surface area contributed by atoms with Crippen molar-refractivity contribution in [1.29, 1.82) is 0 Å². The molecular formula is C17H11F12NO5S2. The first-order valence-corrected chi connectivity index (χ1v) is 11.6. The molecule has 0 fully saturated rings. The first kappa shape index (κ1) is 32.4. The van der Waals surface area contributed by atoms with Crippen molar-refractivity contribution in [3.8, 4) is 0 Å². The van der Waals surface area contributed by atoms with Crippen molar-refractivity contribution in [2.45, 2.75) is 34.5 Å². The Labute approximate surface area is 199 Å². The minimum absolute atomic E-state index is 0.203. The lowest BCUT2D eigenvalue weighted by molar-refractivity contribution is -0.143. The van der Waals surface area contributed by atoms with Gasteiger partial charge in [-0.25, -0.2) is 16.8 Å². The average Bonchev–Trinajstić information content (AvgIpc) is 2.71. The van der Waals surface area contributed by atoms with Gasteiger partial charge in [0.15, 0.2) is 0 Å². The summed E-state index contributed by atoms with van der Waals surface area (Å²) in [5.41, 5.74) is -8.71. The van der Waals surface area contributed by atoms with E-state index in [1.807, 2.05) is 0 Å². The SMILES string of the molecule is CO.O=S(=O)(NS(=O)(=O)c1cc(C(F)(F)F)ccc1C(F)(F)F)c1cc(C(F)(F)F)ccc1C(F)(F)F. The summed E-state index contributed by atoms with van der Waals surface area (Å²) in [4.78, 5) is -4.71. The summed E-state index contributed by atoms with van der Waals surface area (Å²) < 4.78 is 206. The van der Waals surface area contributed by atoms with Crippen molar-refractivity contribution < 1.29 is 74.6 Å². The van der Waals surface area contributed by atoms with E-state index in [9.17, 15) is 69.5 Å². The summed E-state index contributed by atoms with van der Waals surface area (Å²) in [5.74, 6) is 0. The molecule has 0 spiro atoms. The maximum absolute atomic E-state index is 13.2. The normalized spacial score (nSPS) is 13.7. The number of alkyl halides is 12. The van der Waals surface area contributed by atoms with Gasteiger partial charge in [-0.3, -0.25) is 0 Å². The van der Waals surface area contributed by atoms with Gasteiger partial charge in [-0.1, -0.05) is 0 Å². The van der Waals surface area contributed by atoms with Gasteiger partial charge in [-0.2, -0.15) is 52.7 Å². The largest absolute Gasteiger partial charge is 0.417 e. The van der Waals surface area contributed by atoms with Crippen molar-refractivity contribution in [3.63, 3.8) is 0 Å². The van der Waals surface area contributed by atoms with E-state index in [2.05, 4.69) is 0 Å². The van der Waals surface area contributed by atoms with Crippen molar-refractivity contribution >= 4 is 20.0 Å². The van der Waals surface area contributed by atoms with Crippen molar-refractivity contribution in [2.75, 3.05) is 7.11 Å². The van der Waals surface area contributed by atoms with E-state index < -0.39 is 88.9 Å². The van der Waals surface area contributed by atoms with Gasteiger partial charge < -0.3 is 5.11 Å². The molecule has 0 aliphatic carbocycles. The quantitative estimate of drug-likeness (QED) is 0.479. The van der Waals surface area contributed by atoms with Crippen LogP contribution in [0.4, 0.5) is 52.7 Å². The first-order chi connectivity index (χ1) is 16.4. The van der Waals surface area contributed by atoms with Gasteiger partial charge in [0.1, 0.15) is 0 Å². The maximum Gasteiger partial charge on any atom is 0.417 e. The molecule has 0 bridgehead atoms. The number of halogens is 12. The van der Waals surface area contributed by atoms with Crippen molar-refractivity contribution in [3.05, 3.63) is 58.7 Å². The number of hydrogen-bond donors (Lipinski definition) is 2. The maximum atomic E-state index is 13.2. The third-order valence-corrected chi connectivity index (χ3v) is 7.62. The smallest absolute Gasteiger partial charge is 0.400 e. The Hall–Kier alpha value is -2.58. The Morgan fingerprint density at radius 3 is 1.03 bits per heavy atom. The first-order valence-electron chi connectivity index (χ1n) is 8.67. The second kappa shape index (κ2) is 10.3. The molecule has 0 aliphatic heterocycles. The minimum Gasteiger partial charge on any atom is -0.400 e. The summed E-state index contributed by atoms with van der Waals surface area (Å²) in [6.07, 6.45) is -22.3. The van der Waals surface area contributed by atoms with E-state index in [1.54, 1.807) is 0 Å². The molecule has 210 valence electrons. The lowest BCUT2D eigenvalue weighted by Crippen LogP contribution is -2.34. The van der Waals surface area contributed by atoms with E-state index in [4.69, 9.17) is 5.11 Å². The zero-order valence-electron chi connectivity index (χ0n) is 17.4. The van der Waals surface area contributed by atoms with Gasteiger partial charge in [-0.15, -0.1) is 4.13 Å². The Bertz CT molecular complexity index is 1240. The molecule has 0 aromatic heterocycles. The molecule has 2 aromatic carbocycles. The second-order valence-corrected chi connectivity index (χ2v) is 10.1. The fourth-order valence-corrected chi connectivity index (χ4v) is 5.93. The Balaban J connectivity index is 0.00000334. The molecular weight excluding hydrogens is 590 g/mol. The Kier molecular flexibility index (Phi) is 9.03. The molecule has 0 aliphatic rings. The number of sulfonamides is 2. The highest BCUT2D eigenvalue weighted by Gasteiger charge is 2.44. The van der Waals surface area contributed by atoms with Crippen LogP contribution in [0.3, 0.4) is 0 Å². The minimum atomic E-state index is -6.28. The van der Waals surface area contributed by atoms with E-state index in [0.717, 1.165) is 7.11 Å². The molecule has 2 rings (SSSR count). The Morgan fingerprint density at radius 1 is 0.541 bits per heavy atom. The highest BCUT2D eigenvalue weighted by molar-refractivity contribution is 8.04. The molecule has 0 saturated carbocycles. The van der Waals surface area contributed by atoms with E-state index >= 15 is 0 Å². The number of aliphatic hydroxyl groups excluding tert-OH is 1. The third-order valence-electron chi connectivity index (χ3n) is 4.03. The molecule has 0 amide bonds. The van der Waals surface area contributed by atoms with Crippen LogP contribution in [0.25, 0.3) is 0 Å². The summed E-state index contributed by atoms with van der Waals surface area (Å²) in [5, 5.41) is 7.00. The highest BCUT2D eigenvalue weighted by atomic mass is 32.3. The molecule has 0 unspecified atom stereocenters. The van der Waals surface area contributed by atoms with Crippen LogP contribution in [-0.4, -0.2) is 29.1 Å². The number of aliphatic hydroxyl groups is 1. The van der Waals surface area contributed by atoms with E-state index in [1.165, 1.54) is 0 Å². The number of hydrogen-bond acceptors (Lipinski definition) is 5. The predicted octanol–water partition coefficient (Wildman–Crippen LogP) is 5.04. The fourth-order valence-electron chi connectivity index (χ4n) is 2.54.